The lowest BCUT2D eigenvalue weighted by Crippen LogP contribution is -2.40. The van der Waals surface area contributed by atoms with Gasteiger partial charge in [-0.3, -0.25) is 0 Å². The molecule has 9 heteroatoms. The van der Waals surface area contributed by atoms with Crippen LogP contribution in [-0.2, 0) is 7.05 Å². The summed E-state index contributed by atoms with van der Waals surface area (Å²) in [6, 6.07) is 0. The number of imidazole rings is 1. The molecule has 1 aromatic heterocycles. The summed E-state index contributed by atoms with van der Waals surface area (Å²) in [5.74, 6) is 1.96. The van der Waals surface area contributed by atoms with E-state index in [1.54, 1.807) is 17.1 Å². The van der Waals surface area contributed by atoms with Gasteiger partial charge in [0.25, 0.3) is 0 Å². The molecule has 2 saturated carbocycles. The molecule has 1 aliphatic heterocycles. The smallest absolute Gasteiger partial charge is 0.389 e. The zero-order valence-corrected chi connectivity index (χ0v) is 17.5. The number of nitrogens with zero attached hydrogens (tertiary/aromatic N) is 4. The predicted molar refractivity (Wildman–Crippen MR) is 105 cm³/mol. The molecule has 1 amide bonds. The lowest BCUT2D eigenvalue weighted by molar-refractivity contribution is -0.137. The fourth-order valence-corrected chi connectivity index (χ4v) is 5.23. The molecule has 6 nitrogen and oxygen atoms in total. The van der Waals surface area contributed by atoms with Crippen molar-refractivity contribution >= 4 is 6.09 Å². The van der Waals surface area contributed by atoms with Crippen molar-refractivity contribution < 1.29 is 22.7 Å². The number of halogens is 3. The summed E-state index contributed by atoms with van der Waals surface area (Å²) in [6.07, 6.45) is 3.99. The second-order valence-corrected chi connectivity index (χ2v) is 9.27. The third-order valence-corrected chi connectivity index (χ3v) is 6.92. The predicted octanol–water partition coefficient (Wildman–Crippen LogP) is 3.93. The summed E-state index contributed by atoms with van der Waals surface area (Å²) in [6.45, 7) is 2.82. The largest absolute Gasteiger partial charge is 0.416 e. The van der Waals surface area contributed by atoms with E-state index >= 15 is 0 Å². The Bertz CT molecular complexity index is 720. The first-order valence-electron chi connectivity index (χ1n) is 11.0. The number of amides is 1. The first-order chi connectivity index (χ1) is 14.3. The highest BCUT2D eigenvalue weighted by Crippen LogP contribution is 2.52. The average Bonchev–Trinajstić information content (AvgIpc) is 3.02. The second-order valence-electron chi connectivity index (χ2n) is 9.27. The topological polar surface area (TPSA) is 50.6 Å². The van der Waals surface area contributed by atoms with Gasteiger partial charge in [0.15, 0.2) is 0 Å². The van der Waals surface area contributed by atoms with Gasteiger partial charge in [-0.15, -0.1) is 0 Å². The minimum atomic E-state index is -4.10. The van der Waals surface area contributed by atoms with Crippen LogP contribution in [-0.4, -0.2) is 64.3 Å². The number of alkyl halides is 3. The van der Waals surface area contributed by atoms with E-state index in [4.69, 9.17) is 4.74 Å². The molecule has 0 spiro atoms. The molecule has 2 heterocycles. The van der Waals surface area contributed by atoms with Crippen LogP contribution in [0, 0.1) is 23.7 Å². The summed E-state index contributed by atoms with van der Waals surface area (Å²) in [5.41, 5.74) is 0. The Balaban J connectivity index is 1.31. The molecule has 3 aliphatic rings. The van der Waals surface area contributed by atoms with Crippen LogP contribution >= 0.6 is 0 Å². The van der Waals surface area contributed by atoms with Crippen LogP contribution in [0.1, 0.15) is 38.5 Å². The van der Waals surface area contributed by atoms with Gasteiger partial charge >= 0.3 is 12.3 Å². The molecule has 2 atom stereocenters. The summed E-state index contributed by atoms with van der Waals surface area (Å²) >= 11 is 0. The summed E-state index contributed by atoms with van der Waals surface area (Å²) in [5, 5.41) is 0. The molecule has 3 fully saturated rings. The van der Waals surface area contributed by atoms with Crippen molar-refractivity contribution in [2.45, 2.75) is 44.7 Å². The average molecular weight is 428 g/mol. The molecule has 4 rings (SSSR count). The van der Waals surface area contributed by atoms with Crippen molar-refractivity contribution in [3.8, 4) is 5.88 Å². The van der Waals surface area contributed by atoms with Gasteiger partial charge in [0.05, 0.1) is 18.9 Å². The highest BCUT2D eigenvalue weighted by Gasteiger charge is 2.56. The van der Waals surface area contributed by atoms with Gasteiger partial charge in [0.1, 0.15) is 0 Å². The standard InChI is InChI=1S/C21H31F3N4O2/c1-26-13-19(25-14-26)30-20(29)28(9-15-5-3-2-4-6-15)12-18-16-10-27(11-17(16)18)8-7-21(22,23)24/h13-18H,2-12H2,1H3. The monoisotopic (exact) mass is 428 g/mol. The maximum Gasteiger partial charge on any atom is 0.416 e. The van der Waals surface area contributed by atoms with E-state index in [9.17, 15) is 18.0 Å². The molecule has 1 saturated heterocycles. The summed E-state index contributed by atoms with van der Waals surface area (Å²) in [7, 11) is 1.82. The molecule has 2 aliphatic carbocycles. The number of piperidine rings is 1. The Labute approximate surface area is 175 Å². The normalized spacial score (nSPS) is 27.1. The van der Waals surface area contributed by atoms with E-state index in [0.29, 0.717) is 55.7 Å². The minimum absolute atomic E-state index is 0.0801. The van der Waals surface area contributed by atoms with E-state index < -0.39 is 12.6 Å². The Hall–Kier alpha value is -1.77. The molecular weight excluding hydrogens is 397 g/mol. The number of hydrogen-bond donors (Lipinski definition) is 0. The maximum absolute atomic E-state index is 12.9. The fraction of sp³-hybridized carbons (Fsp3) is 0.810. The molecule has 0 bridgehead atoms. The number of fused-ring (bicyclic) bond motifs is 1. The van der Waals surface area contributed by atoms with Crippen LogP contribution < -0.4 is 4.74 Å². The zero-order valence-electron chi connectivity index (χ0n) is 17.5. The van der Waals surface area contributed by atoms with Crippen LogP contribution in [0.5, 0.6) is 5.88 Å². The highest BCUT2D eigenvalue weighted by atomic mass is 19.4. The Morgan fingerprint density at radius 3 is 2.50 bits per heavy atom. The van der Waals surface area contributed by atoms with Gasteiger partial charge in [-0.05, 0) is 36.5 Å². The Morgan fingerprint density at radius 2 is 1.90 bits per heavy atom. The number of carbonyl (C=O) groups excluding carboxylic acids is 1. The minimum Gasteiger partial charge on any atom is -0.389 e. The third kappa shape index (κ3) is 5.47. The fourth-order valence-electron chi connectivity index (χ4n) is 5.23. The van der Waals surface area contributed by atoms with Gasteiger partial charge in [-0.25, -0.2) is 9.78 Å². The molecule has 0 aromatic carbocycles. The SMILES string of the molecule is Cn1cnc(OC(=O)N(CC2CCCCC2)CC2C3CN(CCC(F)(F)F)CC32)c1. The highest BCUT2D eigenvalue weighted by molar-refractivity contribution is 5.70. The molecule has 30 heavy (non-hydrogen) atoms. The van der Waals surface area contributed by atoms with Crippen molar-refractivity contribution in [3.63, 3.8) is 0 Å². The van der Waals surface area contributed by atoms with Crippen LogP contribution in [0.15, 0.2) is 12.5 Å². The second kappa shape index (κ2) is 8.77. The van der Waals surface area contributed by atoms with E-state index in [0.717, 1.165) is 12.8 Å². The number of aromatic nitrogens is 2. The van der Waals surface area contributed by atoms with Crippen molar-refractivity contribution in [3.05, 3.63) is 12.5 Å². The molecule has 0 N–H and O–H groups in total. The maximum atomic E-state index is 12.9. The van der Waals surface area contributed by atoms with E-state index in [1.807, 2.05) is 16.8 Å². The number of rotatable bonds is 7. The first kappa shape index (κ1) is 21.5. The molecule has 1 aromatic rings. The van der Waals surface area contributed by atoms with Crippen molar-refractivity contribution in [1.29, 1.82) is 0 Å². The van der Waals surface area contributed by atoms with Crippen molar-refractivity contribution in [2.24, 2.45) is 30.7 Å². The van der Waals surface area contributed by atoms with Crippen LogP contribution in [0.2, 0.25) is 0 Å². The first-order valence-corrected chi connectivity index (χ1v) is 11.0. The Morgan fingerprint density at radius 1 is 1.20 bits per heavy atom. The van der Waals surface area contributed by atoms with E-state index in [1.165, 1.54) is 19.3 Å². The number of likely N-dealkylation sites (tertiary alicyclic amines) is 1. The molecule has 2 unspecified atom stereocenters. The van der Waals surface area contributed by atoms with E-state index in [2.05, 4.69) is 4.98 Å². The van der Waals surface area contributed by atoms with Crippen molar-refractivity contribution in [2.75, 3.05) is 32.7 Å². The zero-order chi connectivity index (χ0) is 21.3. The number of ether oxygens (including phenoxy) is 1. The summed E-state index contributed by atoms with van der Waals surface area (Å²) < 4.78 is 44.6. The molecular formula is C21H31F3N4O2. The quantitative estimate of drug-likeness (QED) is 0.660. The third-order valence-electron chi connectivity index (χ3n) is 6.92. The van der Waals surface area contributed by atoms with Crippen LogP contribution in [0.3, 0.4) is 0 Å². The lowest BCUT2D eigenvalue weighted by atomic mass is 9.89. The van der Waals surface area contributed by atoms with Gasteiger partial charge in [0.2, 0.25) is 5.88 Å². The van der Waals surface area contributed by atoms with Gasteiger partial charge < -0.3 is 19.1 Å². The van der Waals surface area contributed by atoms with E-state index in [-0.39, 0.29) is 12.6 Å². The van der Waals surface area contributed by atoms with Crippen LogP contribution in [0.4, 0.5) is 18.0 Å². The van der Waals surface area contributed by atoms with Crippen LogP contribution in [0.25, 0.3) is 0 Å². The number of carbonyl (C=O) groups is 1. The number of aryl methyl sites for hydroxylation is 1. The number of hydrogen-bond acceptors (Lipinski definition) is 4. The van der Waals surface area contributed by atoms with Crippen molar-refractivity contribution in [1.82, 2.24) is 19.4 Å². The molecule has 0 radical (unpaired) electrons. The Kier molecular flexibility index (Phi) is 6.27. The van der Waals surface area contributed by atoms with Gasteiger partial charge in [-0.1, -0.05) is 19.3 Å². The summed E-state index contributed by atoms with van der Waals surface area (Å²) in [4.78, 5) is 20.7. The molecule has 168 valence electrons. The van der Waals surface area contributed by atoms with Gasteiger partial charge in [0, 0.05) is 39.8 Å². The van der Waals surface area contributed by atoms with Gasteiger partial charge in [-0.2, -0.15) is 13.2 Å². The lowest BCUT2D eigenvalue weighted by Gasteiger charge is -2.30.